The van der Waals surface area contributed by atoms with Gasteiger partial charge in [-0.15, -0.1) is 0 Å². The van der Waals surface area contributed by atoms with Crippen LogP contribution in [0.25, 0.3) is 0 Å². The Morgan fingerprint density at radius 3 is 2.64 bits per heavy atom. The number of amides is 1. The normalized spacial score (nSPS) is 10.3. The second kappa shape index (κ2) is 8.01. The van der Waals surface area contributed by atoms with E-state index in [9.17, 15) is 4.79 Å². The van der Waals surface area contributed by atoms with E-state index >= 15 is 0 Å². The molecule has 0 fully saturated rings. The van der Waals surface area contributed by atoms with Crippen LogP contribution in [0.5, 0.6) is 0 Å². The first kappa shape index (κ1) is 16.6. The highest BCUT2D eigenvalue weighted by Gasteiger charge is 2.12. The molecule has 22 heavy (non-hydrogen) atoms. The highest BCUT2D eigenvalue weighted by molar-refractivity contribution is 6.34. The highest BCUT2D eigenvalue weighted by Crippen LogP contribution is 2.16. The maximum absolute atomic E-state index is 12.0. The van der Waals surface area contributed by atoms with Crippen molar-refractivity contribution in [2.24, 2.45) is 0 Å². The molecule has 2 rings (SSSR count). The van der Waals surface area contributed by atoms with Gasteiger partial charge in [-0.2, -0.15) is 0 Å². The second-order valence-corrected chi connectivity index (χ2v) is 5.63. The van der Waals surface area contributed by atoms with Crippen LogP contribution in [0.1, 0.15) is 16.9 Å². The number of nitrogens with one attached hydrogen (secondary N) is 1. The molecule has 1 aromatic carbocycles. The third-order valence-corrected chi connectivity index (χ3v) is 3.70. The third-order valence-electron chi connectivity index (χ3n) is 3.18. The molecule has 0 aliphatic rings. The molecule has 0 saturated heterocycles. The number of carbonyl (C=O) groups is 1. The van der Waals surface area contributed by atoms with Crippen molar-refractivity contribution in [3.63, 3.8) is 0 Å². The summed E-state index contributed by atoms with van der Waals surface area (Å²) in [5.74, 6) is -0.310. The van der Waals surface area contributed by atoms with Crippen molar-refractivity contribution in [1.29, 1.82) is 0 Å². The molecular weight excluding hydrogens is 321 g/mol. The van der Waals surface area contributed by atoms with Gasteiger partial charge in [0.15, 0.2) is 0 Å². The van der Waals surface area contributed by atoms with E-state index < -0.39 is 0 Å². The minimum atomic E-state index is -0.310. The fraction of sp³-hybridized carbons (Fsp3) is 0.250. The molecule has 116 valence electrons. The van der Waals surface area contributed by atoms with Crippen molar-refractivity contribution < 1.29 is 4.79 Å². The molecule has 0 aliphatic heterocycles. The van der Waals surface area contributed by atoms with Gasteiger partial charge >= 0.3 is 0 Å². The van der Waals surface area contributed by atoms with Crippen molar-refractivity contribution in [2.75, 3.05) is 25.0 Å². The SMILES string of the molecule is CN(CCCNC(=O)c1nc(Cl)ccc1Cl)c1ccccc1. The van der Waals surface area contributed by atoms with Crippen molar-refractivity contribution in [3.8, 4) is 0 Å². The number of halogens is 2. The number of pyridine rings is 1. The smallest absolute Gasteiger partial charge is 0.271 e. The van der Waals surface area contributed by atoms with E-state index in [0.29, 0.717) is 11.6 Å². The average molecular weight is 338 g/mol. The number of rotatable bonds is 6. The predicted molar refractivity (Wildman–Crippen MR) is 90.9 cm³/mol. The van der Waals surface area contributed by atoms with Crippen LogP contribution in [0, 0.1) is 0 Å². The summed E-state index contributed by atoms with van der Waals surface area (Å²) in [5.41, 5.74) is 1.30. The van der Waals surface area contributed by atoms with Gasteiger partial charge < -0.3 is 10.2 Å². The van der Waals surface area contributed by atoms with Crippen molar-refractivity contribution in [1.82, 2.24) is 10.3 Å². The summed E-state index contributed by atoms with van der Waals surface area (Å²) in [6.07, 6.45) is 0.815. The number of hydrogen-bond acceptors (Lipinski definition) is 3. The summed E-state index contributed by atoms with van der Waals surface area (Å²) in [6.45, 7) is 1.38. The average Bonchev–Trinajstić information content (AvgIpc) is 2.54. The molecule has 6 heteroatoms. The molecular formula is C16H17Cl2N3O. The third kappa shape index (κ3) is 4.61. The summed E-state index contributed by atoms with van der Waals surface area (Å²) in [6, 6.07) is 13.2. The van der Waals surface area contributed by atoms with Crippen molar-refractivity contribution in [2.45, 2.75) is 6.42 Å². The van der Waals surface area contributed by atoms with E-state index in [1.807, 2.05) is 37.4 Å². The molecule has 1 amide bonds. The quantitative estimate of drug-likeness (QED) is 0.646. The van der Waals surface area contributed by atoms with E-state index in [-0.39, 0.29) is 16.8 Å². The van der Waals surface area contributed by atoms with Crippen LogP contribution in [-0.4, -0.2) is 31.0 Å². The monoisotopic (exact) mass is 337 g/mol. The lowest BCUT2D eigenvalue weighted by molar-refractivity contribution is 0.0948. The molecule has 1 heterocycles. The molecule has 0 atom stereocenters. The van der Waals surface area contributed by atoms with Crippen LogP contribution in [0.2, 0.25) is 10.2 Å². The molecule has 0 spiro atoms. The summed E-state index contributed by atoms with van der Waals surface area (Å²) >= 11 is 11.7. The Bertz CT molecular complexity index is 635. The van der Waals surface area contributed by atoms with Crippen LogP contribution >= 0.6 is 23.2 Å². The molecule has 2 aromatic rings. The lowest BCUT2D eigenvalue weighted by Crippen LogP contribution is -2.29. The Labute approximate surface area is 140 Å². The maximum atomic E-state index is 12.0. The number of aromatic nitrogens is 1. The van der Waals surface area contributed by atoms with E-state index in [0.717, 1.165) is 18.7 Å². The van der Waals surface area contributed by atoms with Gasteiger partial charge in [-0.3, -0.25) is 4.79 Å². The lowest BCUT2D eigenvalue weighted by Gasteiger charge is -2.19. The standard InChI is InChI=1S/C16H17Cl2N3O/c1-21(12-6-3-2-4-7-12)11-5-10-19-16(22)15-13(17)8-9-14(18)20-15/h2-4,6-9H,5,10-11H2,1H3,(H,19,22). The molecule has 0 unspecified atom stereocenters. The zero-order valence-corrected chi connectivity index (χ0v) is 13.7. The molecule has 0 radical (unpaired) electrons. The molecule has 0 aliphatic carbocycles. The van der Waals surface area contributed by atoms with Crippen LogP contribution in [-0.2, 0) is 0 Å². The van der Waals surface area contributed by atoms with Gasteiger partial charge in [0.2, 0.25) is 0 Å². The Kier molecular flexibility index (Phi) is 6.04. The van der Waals surface area contributed by atoms with Crippen LogP contribution in [0.15, 0.2) is 42.5 Å². The first-order valence-electron chi connectivity index (χ1n) is 6.94. The molecule has 0 saturated carbocycles. The highest BCUT2D eigenvalue weighted by atomic mass is 35.5. The van der Waals surface area contributed by atoms with Gasteiger partial charge in [0.25, 0.3) is 5.91 Å². The first-order chi connectivity index (χ1) is 10.6. The number of anilines is 1. The van der Waals surface area contributed by atoms with Gasteiger partial charge in [-0.25, -0.2) is 4.98 Å². The largest absolute Gasteiger partial charge is 0.375 e. The van der Waals surface area contributed by atoms with Crippen molar-refractivity contribution >= 4 is 34.8 Å². The lowest BCUT2D eigenvalue weighted by atomic mass is 10.3. The van der Waals surface area contributed by atoms with Crippen LogP contribution in [0.3, 0.4) is 0 Å². The minimum absolute atomic E-state index is 0.158. The predicted octanol–water partition coefficient (Wildman–Crippen LogP) is 3.64. The Balaban J connectivity index is 1.79. The number of nitrogens with zero attached hydrogens (tertiary/aromatic N) is 2. The maximum Gasteiger partial charge on any atom is 0.271 e. The molecule has 1 N–H and O–H groups in total. The Hall–Kier alpha value is -1.78. The van der Waals surface area contributed by atoms with Gasteiger partial charge in [0.05, 0.1) is 5.02 Å². The number of hydrogen-bond donors (Lipinski definition) is 1. The van der Waals surface area contributed by atoms with Gasteiger partial charge in [-0.1, -0.05) is 41.4 Å². The fourth-order valence-corrected chi connectivity index (χ4v) is 2.33. The van der Waals surface area contributed by atoms with E-state index in [1.165, 1.54) is 0 Å². The minimum Gasteiger partial charge on any atom is -0.375 e. The Morgan fingerprint density at radius 1 is 1.18 bits per heavy atom. The number of benzene rings is 1. The van der Waals surface area contributed by atoms with Crippen molar-refractivity contribution in [3.05, 3.63) is 58.3 Å². The molecule has 4 nitrogen and oxygen atoms in total. The summed E-state index contributed by atoms with van der Waals surface area (Å²) < 4.78 is 0. The summed E-state index contributed by atoms with van der Waals surface area (Å²) in [5, 5.41) is 3.35. The van der Waals surface area contributed by atoms with Gasteiger partial charge in [0.1, 0.15) is 10.8 Å². The van der Waals surface area contributed by atoms with E-state index in [1.54, 1.807) is 12.1 Å². The van der Waals surface area contributed by atoms with Gasteiger partial charge in [0, 0.05) is 25.8 Å². The summed E-state index contributed by atoms with van der Waals surface area (Å²) in [4.78, 5) is 18.1. The number of para-hydroxylation sites is 1. The Morgan fingerprint density at radius 2 is 1.91 bits per heavy atom. The summed E-state index contributed by atoms with van der Waals surface area (Å²) in [7, 11) is 2.02. The van der Waals surface area contributed by atoms with E-state index in [4.69, 9.17) is 23.2 Å². The first-order valence-corrected chi connectivity index (χ1v) is 7.70. The topological polar surface area (TPSA) is 45.2 Å². The molecule has 0 bridgehead atoms. The van der Waals surface area contributed by atoms with Crippen LogP contribution < -0.4 is 10.2 Å². The zero-order valence-electron chi connectivity index (χ0n) is 12.2. The zero-order chi connectivity index (χ0) is 15.9. The van der Waals surface area contributed by atoms with E-state index in [2.05, 4.69) is 15.2 Å². The molecule has 1 aromatic heterocycles. The number of carbonyl (C=O) groups excluding carboxylic acids is 1. The van der Waals surface area contributed by atoms with Crippen LogP contribution in [0.4, 0.5) is 5.69 Å². The fourth-order valence-electron chi connectivity index (χ4n) is 1.99. The van der Waals surface area contributed by atoms with Gasteiger partial charge in [-0.05, 0) is 30.7 Å². The second-order valence-electron chi connectivity index (χ2n) is 4.83.